The number of hydrogen-bond acceptors (Lipinski definition) is 3. The molecule has 3 rings (SSSR count). The van der Waals surface area contributed by atoms with Crippen LogP contribution < -0.4 is 0 Å². The fraction of sp³-hybridized carbons (Fsp3) is 0.533. The first kappa shape index (κ1) is 14.7. The summed E-state index contributed by atoms with van der Waals surface area (Å²) in [5.41, 5.74) is 1.77. The Balaban J connectivity index is 1.69. The predicted molar refractivity (Wildman–Crippen MR) is 80.6 cm³/mol. The van der Waals surface area contributed by atoms with Crippen molar-refractivity contribution in [1.29, 1.82) is 0 Å². The highest BCUT2D eigenvalue weighted by Gasteiger charge is 2.30. The third-order valence-corrected chi connectivity index (χ3v) is 6.05. The summed E-state index contributed by atoms with van der Waals surface area (Å²) in [5, 5.41) is 0. The van der Waals surface area contributed by atoms with E-state index in [0.717, 1.165) is 37.0 Å². The van der Waals surface area contributed by atoms with E-state index in [9.17, 15) is 12.8 Å². The van der Waals surface area contributed by atoms with Gasteiger partial charge in [-0.3, -0.25) is 4.99 Å². The van der Waals surface area contributed by atoms with Crippen molar-refractivity contribution in [2.75, 3.05) is 18.8 Å². The van der Waals surface area contributed by atoms with E-state index in [1.165, 1.54) is 12.1 Å². The third-order valence-electron chi connectivity index (χ3n) is 4.09. The van der Waals surface area contributed by atoms with Gasteiger partial charge >= 0.3 is 0 Å². The maximum atomic E-state index is 12.9. The fourth-order valence-electron chi connectivity index (χ4n) is 2.95. The SMILES string of the molecule is O=S(=O)(CC1CCC(c2ccc(F)cc2)=N1)N1CCCC1. The first-order valence-electron chi connectivity index (χ1n) is 7.35. The molecule has 0 bridgehead atoms. The Morgan fingerprint density at radius 1 is 1.19 bits per heavy atom. The van der Waals surface area contributed by atoms with E-state index in [4.69, 9.17) is 0 Å². The van der Waals surface area contributed by atoms with Gasteiger partial charge in [-0.2, -0.15) is 0 Å². The Labute approximate surface area is 124 Å². The lowest BCUT2D eigenvalue weighted by Gasteiger charge is -2.17. The number of nitrogens with zero attached hydrogens (tertiary/aromatic N) is 2. The molecule has 0 aliphatic carbocycles. The minimum Gasteiger partial charge on any atom is -0.285 e. The average Bonchev–Trinajstić information content (AvgIpc) is 3.10. The zero-order valence-electron chi connectivity index (χ0n) is 11.8. The van der Waals surface area contributed by atoms with Crippen LogP contribution in [0.5, 0.6) is 0 Å². The monoisotopic (exact) mass is 310 g/mol. The van der Waals surface area contributed by atoms with Gasteiger partial charge in [-0.15, -0.1) is 0 Å². The molecule has 6 heteroatoms. The van der Waals surface area contributed by atoms with Gasteiger partial charge in [0.1, 0.15) is 5.82 Å². The summed E-state index contributed by atoms with van der Waals surface area (Å²) in [6.07, 6.45) is 3.41. The van der Waals surface area contributed by atoms with Gasteiger partial charge in [0.25, 0.3) is 0 Å². The van der Waals surface area contributed by atoms with Gasteiger partial charge in [0.15, 0.2) is 0 Å². The van der Waals surface area contributed by atoms with Gasteiger partial charge < -0.3 is 0 Å². The van der Waals surface area contributed by atoms with Crippen molar-refractivity contribution in [3.05, 3.63) is 35.6 Å². The number of benzene rings is 1. The van der Waals surface area contributed by atoms with Gasteiger partial charge in [-0.25, -0.2) is 17.1 Å². The predicted octanol–water partition coefficient (Wildman–Crippen LogP) is 2.20. The van der Waals surface area contributed by atoms with Crippen LogP contribution in [0.3, 0.4) is 0 Å². The molecular formula is C15H19FN2O2S. The highest BCUT2D eigenvalue weighted by Crippen LogP contribution is 2.22. The number of rotatable bonds is 4. The lowest BCUT2D eigenvalue weighted by Crippen LogP contribution is -2.33. The van der Waals surface area contributed by atoms with E-state index in [2.05, 4.69) is 4.99 Å². The smallest absolute Gasteiger partial charge is 0.216 e. The second-order valence-electron chi connectivity index (χ2n) is 5.66. The first-order chi connectivity index (χ1) is 10.0. The summed E-state index contributed by atoms with van der Waals surface area (Å²) in [7, 11) is -3.19. The molecule has 1 saturated heterocycles. The van der Waals surface area contributed by atoms with Gasteiger partial charge in [-0.05, 0) is 43.4 Å². The number of hydrogen-bond donors (Lipinski definition) is 0. The topological polar surface area (TPSA) is 49.7 Å². The van der Waals surface area contributed by atoms with E-state index in [1.54, 1.807) is 16.4 Å². The summed E-state index contributed by atoms with van der Waals surface area (Å²) >= 11 is 0. The minimum absolute atomic E-state index is 0.0949. The molecule has 2 aliphatic heterocycles. The van der Waals surface area contributed by atoms with E-state index < -0.39 is 10.0 Å². The number of halogens is 1. The van der Waals surface area contributed by atoms with E-state index >= 15 is 0 Å². The highest BCUT2D eigenvalue weighted by atomic mass is 32.2. The van der Waals surface area contributed by atoms with Crippen LogP contribution in [0.15, 0.2) is 29.3 Å². The Morgan fingerprint density at radius 2 is 1.86 bits per heavy atom. The molecule has 0 spiro atoms. The molecule has 1 unspecified atom stereocenters. The summed E-state index contributed by atoms with van der Waals surface area (Å²) < 4.78 is 39.1. The molecule has 2 heterocycles. The zero-order valence-corrected chi connectivity index (χ0v) is 12.7. The van der Waals surface area contributed by atoms with Crippen molar-refractivity contribution < 1.29 is 12.8 Å². The summed E-state index contributed by atoms with van der Waals surface area (Å²) in [5.74, 6) is -0.178. The first-order valence-corrected chi connectivity index (χ1v) is 8.96. The van der Waals surface area contributed by atoms with Gasteiger partial charge in [0.2, 0.25) is 10.0 Å². The molecule has 0 N–H and O–H groups in total. The van der Waals surface area contributed by atoms with Crippen LogP contribution in [0, 0.1) is 5.82 Å². The lowest BCUT2D eigenvalue weighted by atomic mass is 10.1. The summed E-state index contributed by atoms with van der Waals surface area (Å²) in [6, 6.07) is 6.05. The normalized spacial score (nSPS) is 23.5. The van der Waals surface area contributed by atoms with E-state index in [0.29, 0.717) is 13.1 Å². The highest BCUT2D eigenvalue weighted by molar-refractivity contribution is 7.89. The van der Waals surface area contributed by atoms with Crippen LogP contribution in [-0.2, 0) is 10.0 Å². The average molecular weight is 310 g/mol. The molecule has 1 aromatic rings. The zero-order chi connectivity index (χ0) is 14.9. The molecule has 0 radical (unpaired) electrons. The van der Waals surface area contributed by atoms with Crippen LogP contribution in [0.1, 0.15) is 31.2 Å². The largest absolute Gasteiger partial charge is 0.285 e. The quantitative estimate of drug-likeness (QED) is 0.856. The van der Waals surface area contributed by atoms with Crippen LogP contribution in [0.2, 0.25) is 0 Å². The van der Waals surface area contributed by atoms with Gasteiger partial charge in [0, 0.05) is 18.8 Å². The molecule has 21 heavy (non-hydrogen) atoms. The Kier molecular flexibility index (Phi) is 4.08. The molecule has 0 aromatic heterocycles. The molecule has 114 valence electrons. The summed E-state index contributed by atoms with van der Waals surface area (Å²) in [6.45, 7) is 1.28. The molecule has 1 aromatic carbocycles. The van der Waals surface area contributed by atoms with E-state index in [1.807, 2.05) is 0 Å². The van der Waals surface area contributed by atoms with Gasteiger partial charge in [0.05, 0.1) is 11.8 Å². The van der Waals surface area contributed by atoms with Crippen LogP contribution >= 0.6 is 0 Å². The van der Waals surface area contributed by atoms with Crippen molar-refractivity contribution in [3.8, 4) is 0 Å². The maximum Gasteiger partial charge on any atom is 0.216 e. The van der Waals surface area contributed by atoms with Crippen LogP contribution in [0.4, 0.5) is 4.39 Å². The molecule has 4 nitrogen and oxygen atoms in total. The number of sulfonamides is 1. The molecule has 1 atom stereocenters. The standard InChI is InChI=1S/C15H19FN2O2S/c16-13-5-3-12(4-6-13)15-8-7-14(17-15)11-21(19,20)18-9-1-2-10-18/h3-6,14H,1-2,7-11H2. The molecule has 2 aliphatic rings. The third kappa shape index (κ3) is 3.32. The van der Waals surface area contributed by atoms with Gasteiger partial charge in [-0.1, -0.05) is 12.1 Å². The summed E-state index contributed by atoms with van der Waals surface area (Å²) in [4.78, 5) is 4.53. The second kappa shape index (κ2) is 5.85. The van der Waals surface area contributed by atoms with Crippen molar-refractivity contribution in [2.45, 2.75) is 31.7 Å². The molecular weight excluding hydrogens is 291 g/mol. The second-order valence-corrected chi connectivity index (χ2v) is 7.67. The molecule has 0 amide bonds. The van der Waals surface area contributed by atoms with Crippen molar-refractivity contribution in [1.82, 2.24) is 4.31 Å². The van der Waals surface area contributed by atoms with E-state index in [-0.39, 0.29) is 17.6 Å². The Morgan fingerprint density at radius 3 is 2.52 bits per heavy atom. The number of aliphatic imine (C=N–C) groups is 1. The molecule has 0 saturated carbocycles. The van der Waals surface area contributed by atoms with Crippen molar-refractivity contribution in [3.63, 3.8) is 0 Å². The lowest BCUT2D eigenvalue weighted by molar-refractivity contribution is 0.472. The molecule has 1 fully saturated rings. The van der Waals surface area contributed by atoms with Crippen molar-refractivity contribution in [2.24, 2.45) is 4.99 Å². The van der Waals surface area contributed by atoms with Crippen LogP contribution in [-0.4, -0.2) is 43.3 Å². The minimum atomic E-state index is -3.19. The maximum absolute atomic E-state index is 12.9. The Bertz CT molecular complexity index is 634. The van der Waals surface area contributed by atoms with Crippen molar-refractivity contribution >= 4 is 15.7 Å². The fourth-order valence-corrected chi connectivity index (χ4v) is 4.70. The Hall–Kier alpha value is -1.27. The van der Waals surface area contributed by atoms with Crippen LogP contribution in [0.25, 0.3) is 0 Å².